The van der Waals surface area contributed by atoms with Crippen molar-refractivity contribution in [1.29, 1.82) is 0 Å². The molecule has 0 spiro atoms. The fourth-order valence-electron chi connectivity index (χ4n) is 3.03. The molecule has 0 bridgehead atoms. The molecule has 1 N–H and O–H groups in total. The summed E-state index contributed by atoms with van der Waals surface area (Å²) in [5.41, 5.74) is 1.85. The highest BCUT2D eigenvalue weighted by atomic mass is 32.1. The molecular weight excluding hydrogens is 341 g/mol. The van der Waals surface area contributed by atoms with E-state index in [9.17, 15) is 4.39 Å². The minimum absolute atomic E-state index is 0.211. The van der Waals surface area contributed by atoms with Gasteiger partial charge in [-0.2, -0.15) is 0 Å². The number of benzene rings is 2. The third-order valence-electron chi connectivity index (χ3n) is 4.20. The van der Waals surface area contributed by atoms with Crippen molar-refractivity contribution >= 4 is 44.6 Å². The molecule has 0 unspecified atom stereocenters. The van der Waals surface area contributed by atoms with Gasteiger partial charge in [-0.25, -0.2) is 9.37 Å². The lowest BCUT2D eigenvalue weighted by molar-refractivity contribution is 0.405. The van der Waals surface area contributed by atoms with Gasteiger partial charge >= 0.3 is 0 Å². The number of likely N-dealkylation sites (tertiary alicyclic amines) is 1. The Bertz CT molecular complexity index is 842. The molecule has 24 heavy (non-hydrogen) atoms. The number of aromatic nitrogens is 1. The fourth-order valence-corrected chi connectivity index (χ4v) is 4.48. The van der Waals surface area contributed by atoms with Crippen molar-refractivity contribution in [2.45, 2.75) is 18.9 Å². The second-order valence-electron chi connectivity index (χ2n) is 5.81. The quantitative estimate of drug-likeness (QED) is 0.656. The van der Waals surface area contributed by atoms with E-state index in [-0.39, 0.29) is 11.9 Å². The molecule has 3 nitrogen and oxygen atoms in total. The fraction of sp³-hybridized carbons (Fsp3) is 0.222. The highest BCUT2D eigenvalue weighted by molar-refractivity contribution is 7.80. The Balaban J connectivity index is 1.55. The second kappa shape index (κ2) is 6.45. The summed E-state index contributed by atoms with van der Waals surface area (Å²) in [4.78, 5) is 6.98. The summed E-state index contributed by atoms with van der Waals surface area (Å²) >= 11 is 7.32. The molecule has 122 valence electrons. The largest absolute Gasteiger partial charge is 0.340 e. The number of anilines is 1. The third-order valence-corrected chi connectivity index (χ3v) is 5.68. The predicted octanol–water partition coefficient (Wildman–Crippen LogP) is 4.97. The van der Waals surface area contributed by atoms with Crippen LogP contribution in [0, 0.1) is 5.82 Å². The van der Waals surface area contributed by atoms with E-state index in [1.807, 2.05) is 18.2 Å². The molecule has 0 aliphatic carbocycles. The number of para-hydroxylation sites is 1. The molecule has 4 rings (SSSR count). The number of hydrogen-bond donors (Lipinski definition) is 1. The molecule has 0 amide bonds. The Morgan fingerprint density at radius 2 is 2.00 bits per heavy atom. The van der Waals surface area contributed by atoms with Crippen LogP contribution in [-0.2, 0) is 0 Å². The van der Waals surface area contributed by atoms with Crippen LogP contribution >= 0.6 is 23.6 Å². The van der Waals surface area contributed by atoms with Gasteiger partial charge < -0.3 is 10.2 Å². The lowest BCUT2D eigenvalue weighted by atomic mass is 10.2. The Labute approximate surface area is 149 Å². The van der Waals surface area contributed by atoms with Gasteiger partial charge in [-0.15, -0.1) is 11.3 Å². The highest BCUT2D eigenvalue weighted by Gasteiger charge is 2.30. The summed E-state index contributed by atoms with van der Waals surface area (Å²) in [6, 6.07) is 14.7. The molecule has 1 saturated heterocycles. The lowest BCUT2D eigenvalue weighted by Gasteiger charge is -2.26. The number of fused-ring (bicyclic) bond motifs is 1. The van der Waals surface area contributed by atoms with E-state index in [0.29, 0.717) is 5.11 Å². The van der Waals surface area contributed by atoms with Crippen LogP contribution in [0.1, 0.15) is 23.9 Å². The van der Waals surface area contributed by atoms with Gasteiger partial charge in [0.2, 0.25) is 0 Å². The Hall–Kier alpha value is -2.05. The zero-order valence-electron chi connectivity index (χ0n) is 12.9. The van der Waals surface area contributed by atoms with Crippen LogP contribution in [0.2, 0.25) is 0 Å². The van der Waals surface area contributed by atoms with Gasteiger partial charge in [-0.1, -0.05) is 12.1 Å². The van der Waals surface area contributed by atoms with Crippen molar-refractivity contribution in [2.75, 3.05) is 11.9 Å². The number of nitrogens with one attached hydrogen (secondary N) is 1. The summed E-state index contributed by atoms with van der Waals surface area (Å²) in [6.45, 7) is 0.910. The van der Waals surface area contributed by atoms with Gasteiger partial charge in [0.1, 0.15) is 10.8 Å². The first-order chi connectivity index (χ1) is 11.7. The molecule has 0 saturated carbocycles. The van der Waals surface area contributed by atoms with Crippen molar-refractivity contribution in [3.05, 3.63) is 59.4 Å². The molecular formula is C18H16FN3S2. The van der Waals surface area contributed by atoms with Crippen LogP contribution in [0.25, 0.3) is 10.2 Å². The number of nitrogens with zero attached hydrogens (tertiary/aromatic N) is 2. The molecule has 2 heterocycles. The molecule has 1 aliphatic heterocycles. The van der Waals surface area contributed by atoms with Crippen molar-refractivity contribution in [2.24, 2.45) is 0 Å². The van der Waals surface area contributed by atoms with Gasteiger partial charge in [0.05, 0.1) is 16.3 Å². The number of thiazole rings is 1. The van der Waals surface area contributed by atoms with Gasteiger partial charge in [-0.3, -0.25) is 0 Å². The third kappa shape index (κ3) is 2.99. The Kier molecular flexibility index (Phi) is 4.16. The number of hydrogen-bond acceptors (Lipinski definition) is 3. The van der Waals surface area contributed by atoms with Crippen LogP contribution in [0.15, 0.2) is 48.5 Å². The zero-order chi connectivity index (χ0) is 16.5. The topological polar surface area (TPSA) is 28.2 Å². The average Bonchev–Trinajstić information content (AvgIpc) is 3.23. The van der Waals surface area contributed by atoms with Gasteiger partial charge in [-0.05, 0) is 61.5 Å². The highest BCUT2D eigenvalue weighted by Crippen LogP contribution is 2.36. The van der Waals surface area contributed by atoms with E-state index in [4.69, 9.17) is 17.2 Å². The lowest BCUT2D eigenvalue weighted by Crippen LogP contribution is -2.34. The van der Waals surface area contributed by atoms with Crippen LogP contribution in [0.5, 0.6) is 0 Å². The van der Waals surface area contributed by atoms with Crippen LogP contribution in [0.3, 0.4) is 0 Å². The van der Waals surface area contributed by atoms with Crippen molar-refractivity contribution in [1.82, 2.24) is 9.88 Å². The van der Waals surface area contributed by atoms with E-state index in [1.165, 1.54) is 16.8 Å². The summed E-state index contributed by atoms with van der Waals surface area (Å²) in [5, 5.41) is 4.99. The van der Waals surface area contributed by atoms with E-state index in [0.717, 1.165) is 35.6 Å². The van der Waals surface area contributed by atoms with Gasteiger partial charge in [0.15, 0.2) is 5.11 Å². The standard InChI is InChI=1S/C18H16FN3S2/c19-12-7-9-13(10-8-12)20-18(23)22-11-3-5-15(22)17-21-14-4-1-2-6-16(14)24-17/h1-2,4,6-10,15H,3,5,11H2,(H,20,23)/t15-/m1/s1. The Morgan fingerprint density at radius 3 is 2.79 bits per heavy atom. The smallest absolute Gasteiger partial charge is 0.174 e. The first-order valence-corrected chi connectivity index (χ1v) is 9.12. The number of rotatable bonds is 2. The summed E-state index contributed by atoms with van der Waals surface area (Å²) in [6.07, 6.45) is 2.14. The molecule has 1 atom stereocenters. The van der Waals surface area contributed by atoms with Gasteiger partial charge in [0, 0.05) is 12.2 Å². The van der Waals surface area contributed by atoms with Gasteiger partial charge in [0.25, 0.3) is 0 Å². The maximum Gasteiger partial charge on any atom is 0.174 e. The molecule has 3 aromatic rings. The molecule has 1 fully saturated rings. The molecule has 0 radical (unpaired) electrons. The van der Waals surface area contributed by atoms with Crippen molar-refractivity contribution in [3.63, 3.8) is 0 Å². The predicted molar refractivity (Wildman–Crippen MR) is 101 cm³/mol. The summed E-state index contributed by atoms with van der Waals surface area (Å²) in [5.74, 6) is -0.250. The van der Waals surface area contributed by atoms with E-state index in [2.05, 4.69) is 16.3 Å². The van der Waals surface area contributed by atoms with Crippen LogP contribution in [-0.4, -0.2) is 21.5 Å². The molecule has 2 aromatic carbocycles. The molecule has 6 heteroatoms. The monoisotopic (exact) mass is 357 g/mol. The van der Waals surface area contributed by atoms with Crippen molar-refractivity contribution in [3.8, 4) is 0 Å². The minimum atomic E-state index is -0.250. The Morgan fingerprint density at radius 1 is 1.21 bits per heavy atom. The second-order valence-corrected chi connectivity index (χ2v) is 7.26. The first-order valence-electron chi connectivity index (χ1n) is 7.89. The van der Waals surface area contributed by atoms with E-state index >= 15 is 0 Å². The minimum Gasteiger partial charge on any atom is -0.340 e. The van der Waals surface area contributed by atoms with E-state index < -0.39 is 0 Å². The summed E-state index contributed by atoms with van der Waals surface area (Å²) in [7, 11) is 0. The average molecular weight is 357 g/mol. The molecule has 1 aliphatic rings. The molecule has 1 aromatic heterocycles. The van der Waals surface area contributed by atoms with Crippen LogP contribution < -0.4 is 5.32 Å². The first kappa shape index (κ1) is 15.5. The van der Waals surface area contributed by atoms with Crippen LogP contribution in [0.4, 0.5) is 10.1 Å². The zero-order valence-corrected chi connectivity index (χ0v) is 14.5. The normalized spacial score (nSPS) is 17.4. The van der Waals surface area contributed by atoms with E-state index in [1.54, 1.807) is 23.5 Å². The number of halogens is 1. The SMILES string of the molecule is Fc1ccc(NC(=S)N2CCC[C@@H]2c2nc3ccccc3s2)cc1. The maximum absolute atomic E-state index is 13.0. The number of thiocarbonyl (C=S) groups is 1. The summed E-state index contributed by atoms with van der Waals surface area (Å²) < 4.78 is 14.2. The maximum atomic E-state index is 13.0. The van der Waals surface area contributed by atoms with Crippen molar-refractivity contribution < 1.29 is 4.39 Å².